The van der Waals surface area contributed by atoms with Crippen molar-refractivity contribution in [1.29, 1.82) is 0 Å². The number of amides is 4. The molecular weight excluding hydrogens is 600 g/mol. The average molecular weight is 639 g/mol. The van der Waals surface area contributed by atoms with E-state index in [2.05, 4.69) is 26.1 Å². The number of carboxylic acid groups (broad SMARTS) is 1. The maximum Gasteiger partial charge on any atom is 0.290 e. The van der Waals surface area contributed by atoms with Gasteiger partial charge in [0.15, 0.2) is 17.1 Å². The van der Waals surface area contributed by atoms with Gasteiger partial charge in [-0.3, -0.25) is 24.0 Å². The quantitative estimate of drug-likeness (QED) is 0.297. The smallest absolute Gasteiger partial charge is 0.290 e. The number of carbonyl (C=O) groups excluding carboxylic acids is 4. The van der Waals surface area contributed by atoms with Crippen LogP contribution < -0.4 is 16.0 Å². The van der Waals surface area contributed by atoms with Crippen LogP contribution in [0, 0.1) is 5.92 Å². The van der Waals surface area contributed by atoms with Crippen molar-refractivity contribution in [2.24, 2.45) is 5.92 Å². The van der Waals surface area contributed by atoms with E-state index in [4.69, 9.17) is 23.6 Å². The van der Waals surface area contributed by atoms with Crippen molar-refractivity contribution in [3.8, 4) is 0 Å². The minimum absolute atomic E-state index is 0.0240. The lowest BCUT2D eigenvalue weighted by molar-refractivity contribution is -0.142. The third-order valence-corrected chi connectivity index (χ3v) is 7.31. The fraction of sp³-hybridized carbons (Fsp3) is 0.452. The van der Waals surface area contributed by atoms with Gasteiger partial charge in [-0.2, -0.15) is 0 Å². The van der Waals surface area contributed by atoms with E-state index in [9.17, 15) is 19.2 Å². The van der Waals surface area contributed by atoms with Crippen LogP contribution in [0.4, 0.5) is 0 Å². The highest BCUT2D eigenvalue weighted by Crippen LogP contribution is 2.23. The molecule has 4 N–H and O–H groups in total. The summed E-state index contributed by atoms with van der Waals surface area (Å²) in [7, 11) is 0. The minimum Gasteiger partial charge on any atom is -0.483 e. The Bertz CT molecular complexity index is 1480. The molecule has 2 aliphatic rings. The van der Waals surface area contributed by atoms with E-state index < -0.39 is 35.9 Å². The second-order valence-electron chi connectivity index (χ2n) is 11.3. The van der Waals surface area contributed by atoms with E-state index in [1.165, 1.54) is 17.2 Å². The second-order valence-corrected chi connectivity index (χ2v) is 11.3. The van der Waals surface area contributed by atoms with Crippen LogP contribution in [-0.2, 0) is 32.1 Å². The summed E-state index contributed by atoms with van der Waals surface area (Å²) < 4.78 is 16.7. The largest absolute Gasteiger partial charge is 0.483 e. The molecule has 4 heterocycles. The molecule has 0 saturated carbocycles. The number of rotatable bonds is 5. The summed E-state index contributed by atoms with van der Waals surface area (Å²) >= 11 is 0. The van der Waals surface area contributed by atoms with Gasteiger partial charge in [-0.25, -0.2) is 4.98 Å². The van der Waals surface area contributed by atoms with E-state index in [0.29, 0.717) is 25.2 Å². The highest BCUT2D eigenvalue weighted by atomic mass is 16.5. The van der Waals surface area contributed by atoms with Gasteiger partial charge < -0.3 is 39.6 Å². The zero-order valence-electron chi connectivity index (χ0n) is 25.6. The van der Waals surface area contributed by atoms with Crippen molar-refractivity contribution in [3.63, 3.8) is 0 Å². The van der Waals surface area contributed by atoms with Crippen molar-refractivity contribution in [1.82, 2.24) is 31.0 Å². The van der Waals surface area contributed by atoms with Gasteiger partial charge >= 0.3 is 0 Å². The van der Waals surface area contributed by atoms with Crippen LogP contribution >= 0.6 is 0 Å². The summed E-state index contributed by atoms with van der Waals surface area (Å²) in [5, 5.41) is 19.3. The van der Waals surface area contributed by atoms with E-state index >= 15 is 0 Å². The van der Waals surface area contributed by atoms with E-state index in [1.807, 2.05) is 44.2 Å². The van der Waals surface area contributed by atoms with Gasteiger partial charge in [0.05, 0.1) is 6.54 Å². The molecule has 1 aromatic carbocycles. The number of fused-ring (bicyclic) bond motifs is 4. The highest BCUT2D eigenvalue weighted by Gasteiger charge is 2.31. The molecule has 46 heavy (non-hydrogen) atoms. The zero-order chi connectivity index (χ0) is 33.1. The molecule has 15 nitrogen and oxygen atoms in total. The van der Waals surface area contributed by atoms with Crippen LogP contribution in [0.3, 0.4) is 0 Å². The number of carbonyl (C=O) groups is 5. The van der Waals surface area contributed by atoms with Crippen LogP contribution in [-0.4, -0.2) is 82.1 Å². The predicted molar refractivity (Wildman–Crippen MR) is 160 cm³/mol. The maximum absolute atomic E-state index is 13.4. The normalized spacial score (nSPS) is 20.8. The number of hydrogen-bond donors (Lipinski definition) is 4. The first-order chi connectivity index (χ1) is 22.2. The summed E-state index contributed by atoms with van der Waals surface area (Å²) in [6.07, 6.45) is 2.69. The number of nitrogens with zero attached hydrogens (tertiary/aromatic N) is 3. The SMILES string of the molecule is CC(C)CC1NC(=O)c2cc(on2)CN(C(=O)[C@H]2CCCO2)CCNC(=O)[C@H](Cc2ccccc2)NC(=O)c2coc1n2.O=CO. The van der Waals surface area contributed by atoms with Crippen molar-refractivity contribution in [3.05, 3.63) is 71.3 Å². The fourth-order valence-corrected chi connectivity index (χ4v) is 5.13. The van der Waals surface area contributed by atoms with Crippen molar-refractivity contribution in [2.45, 2.75) is 64.3 Å². The molecule has 0 spiro atoms. The second kappa shape index (κ2) is 16.3. The van der Waals surface area contributed by atoms with Crippen molar-refractivity contribution in [2.75, 3.05) is 19.7 Å². The first kappa shape index (κ1) is 33.8. The van der Waals surface area contributed by atoms with Gasteiger partial charge in [-0.1, -0.05) is 49.3 Å². The Morgan fingerprint density at radius 3 is 2.52 bits per heavy atom. The molecule has 0 aliphatic carbocycles. The molecule has 1 saturated heterocycles. The highest BCUT2D eigenvalue weighted by molar-refractivity contribution is 5.96. The first-order valence-electron chi connectivity index (χ1n) is 15.0. The Kier molecular flexibility index (Phi) is 12.0. The summed E-state index contributed by atoms with van der Waals surface area (Å²) in [5.74, 6) is -1.17. The molecule has 0 radical (unpaired) electrons. The van der Waals surface area contributed by atoms with Gasteiger partial charge in [0.2, 0.25) is 11.8 Å². The van der Waals surface area contributed by atoms with Gasteiger partial charge in [0.1, 0.15) is 24.5 Å². The number of nitrogens with one attached hydrogen (secondary N) is 3. The van der Waals surface area contributed by atoms with Crippen molar-refractivity contribution >= 4 is 30.1 Å². The fourth-order valence-electron chi connectivity index (χ4n) is 5.13. The molecule has 246 valence electrons. The van der Waals surface area contributed by atoms with Crippen LogP contribution in [0.15, 0.2) is 51.6 Å². The average Bonchev–Trinajstić information content (AvgIpc) is 3.82. The lowest BCUT2D eigenvalue weighted by Crippen LogP contribution is -2.50. The standard InChI is InChI=1S/C30H36N6O7.CH2O2/c1-18(2)13-23-29-34-24(17-42-29)28(39)32-21(14-19-7-4-3-5-8-19)26(37)31-10-11-36(30(40)25-9-6-12-41-25)16-20-15-22(35-43-20)27(38)33-23;2-1-3/h3-5,7-8,15,17-18,21,23,25H,6,9-14,16H2,1-2H3,(H,31,37)(H,32,39)(H,33,38);1H,(H,2,3)/t21-,23?,25+;/m0./s1. The van der Waals surface area contributed by atoms with Crippen LogP contribution in [0.25, 0.3) is 0 Å². The van der Waals surface area contributed by atoms with Gasteiger partial charge in [-0.05, 0) is 30.7 Å². The van der Waals surface area contributed by atoms with Gasteiger partial charge in [0, 0.05) is 32.2 Å². The number of ether oxygens (including phenoxy) is 1. The molecule has 1 unspecified atom stereocenters. The van der Waals surface area contributed by atoms with E-state index in [-0.39, 0.29) is 61.6 Å². The first-order valence-corrected chi connectivity index (χ1v) is 15.0. The number of aromatic nitrogens is 2. The van der Waals surface area contributed by atoms with E-state index in [1.54, 1.807) is 0 Å². The van der Waals surface area contributed by atoms with E-state index in [0.717, 1.165) is 12.0 Å². The molecule has 2 aromatic heterocycles. The van der Waals surface area contributed by atoms with Gasteiger partial charge in [-0.15, -0.1) is 0 Å². The van der Waals surface area contributed by atoms with Crippen LogP contribution in [0.2, 0.25) is 0 Å². The van der Waals surface area contributed by atoms with Crippen LogP contribution in [0.5, 0.6) is 0 Å². The summed E-state index contributed by atoms with van der Waals surface area (Å²) in [6, 6.07) is 9.20. The molecule has 2 aliphatic heterocycles. The lowest BCUT2D eigenvalue weighted by atomic mass is 10.0. The molecular formula is C31H38N6O9. The third-order valence-electron chi connectivity index (χ3n) is 7.31. The Balaban J connectivity index is 0.00000154. The molecule has 4 bridgehead atoms. The monoisotopic (exact) mass is 638 g/mol. The molecule has 5 rings (SSSR count). The zero-order valence-corrected chi connectivity index (χ0v) is 25.6. The molecule has 3 atom stereocenters. The molecule has 1 fully saturated rings. The van der Waals surface area contributed by atoms with Crippen molar-refractivity contribution < 1.29 is 42.8 Å². The van der Waals surface area contributed by atoms with Crippen LogP contribution in [0.1, 0.15) is 77.3 Å². The topological polar surface area (TPSA) is 206 Å². The third kappa shape index (κ3) is 9.23. The summed E-state index contributed by atoms with van der Waals surface area (Å²) in [6.45, 7) is 4.48. The molecule has 3 aromatic rings. The Morgan fingerprint density at radius 1 is 1.11 bits per heavy atom. The molecule has 15 heteroatoms. The number of benzene rings is 1. The number of oxazole rings is 1. The molecule has 4 amide bonds. The minimum atomic E-state index is -0.931. The summed E-state index contributed by atoms with van der Waals surface area (Å²) in [5.41, 5.74) is 0.847. The van der Waals surface area contributed by atoms with Gasteiger partial charge in [0.25, 0.3) is 24.2 Å². The maximum atomic E-state index is 13.4. The Labute approximate surface area is 265 Å². The summed E-state index contributed by atoms with van der Waals surface area (Å²) in [4.78, 5) is 67.3. The Morgan fingerprint density at radius 2 is 1.83 bits per heavy atom. The predicted octanol–water partition coefficient (Wildman–Crippen LogP) is 1.86. The Hall–Kier alpha value is -5.05. The number of hydrogen-bond acceptors (Lipinski definition) is 10. The lowest BCUT2D eigenvalue weighted by Gasteiger charge is -2.25.